The number of hydrogen-bond donors (Lipinski definition) is 1. The summed E-state index contributed by atoms with van der Waals surface area (Å²) in [6.45, 7) is 7.42. The van der Waals surface area contributed by atoms with Crippen LogP contribution < -0.4 is 9.62 Å². The maximum Gasteiger partial charge on any atom is 0.264 e. The molecule has 1 unspecified atom stereocenters. The van der Waals surface area contributed by atoms with Crippen molar-refractivity contribution >= 4 is 39.1 Å². The Balaban J connectivity index is 2.11. The number of rotatable bonds is 11. The van der Waals surface area contributed by atoms with Gasteiger partial charge in [-0.2, -0.15) is 0 Å². The predicted octanol–water partition coefficient (Wildman–Crippen LogP) is 5.10. The molecule has 0 aliphatic carbocycles. The van der Waals surface area contributed by atoms with E-state index >= 15 is 0 Å². The number of carbonyl (C=O) groups is 2. The highest BCUT2D eigenvalue weighted by Gasteiger charge is 2.34. The average Bonchev–Trinajstić information content (AvgIpc) is 2.90. The topological polar surface area (TPSA) is 86.8 Å². The molecular weight excluding hydrogens is 522 g/mol. The summed E-state index contributed by atoms with van der Waals surface area (Å²) in [5, 5.41) is 3.15. The lowest BCUT2D eigenvalue weighted by Gasteiger charge is -2.33. The number of aryl methyl sites for hydroxylation is 2. The maximum absolute atomic E-state index is 14.0. The number of anilines is 1. The zero-order valence-corrected chi connectivity index (χ0v) is 23.7. The molecule has 1 N–H and O–H groups in total. The molecule has 0 spiro atoms. The number of nitrogens with one attached hydrogen (secondary N) is 1. The van der Waals surface area contributed by atoms with Crippen LogP contribution in [0.2, 0.25) is 5.02 Å². The van der Waals surface area contributed by atoms with Crippen LogP contribution in [0.1, 0.15) is 37.0 Å². The summed E-state index contributed by atoms with van der Waals surface area (Å²) in [6.07, 6.45) is 0.366. The van der Waals surface area contributed by atoms with Gasteiger partial charge in [0.05, 0.1) is 10.6 Å². The van der Waals surface area contributed by atoms with Crippen molar-refractivity contribution < 1.29 is 18.0 Å². The molecule has 0 bridgehead atoms. The number of halogens is 1. The van der Waals surface area contributed by atoms with E-state index in [9.17, 15) is 18.0 Å². The van der Waals surface area contributed by atoms with E-state index in [1.54, 1.807) is 37.3 Å². The Morgan fingerprint density at radius 2 is 1.58 bits per heavy atom. The molecule has 0 aliphatic heterocycles. The minimum Gasteiger partial charge on any atom is -0.355 e. The molecule has 7 nitrogen and oxygen atoms in total. The molecule has 3 aromatic carbocycles. The first-order valence-electron chi connectivity index (χ1n) is 12.6. The lowest BCUT2D eigenvalue weighted by Crippen LogP contribution is -2.52. The summed E-state index contributed by atoms with van der Waals surface area (Å²) in [7, 11) is -4.14. The third-order valence-corrected chi connectivity index (χ3v) is 8.40. The third kappa shape index (κ3) is 6.74. The molecule has 0 saturated carbocycles. The molecule has 3 aromatic rings. The number of sulfonamides is 1. The first kappa shape index (κ1) is 29.2. The van der Waals surface area contributed by atoms with E-state index in [4.69, 9.17) is 11.6 Å². The Bertz CT molecular complexity index is 1380. The minimum absolute atomic E-state index is 0.0494. The SMILES string of the molecule is CCNC(=O)C(CC)N(Cc1ccccc1C)C(=O)CN(c1cc(Cl)ccc1C)S(=O)(=O)c1ccccc1. The molecule has 0 radical (unpaired) electrons. The molecule has 2 amide bonds. The number of carbonyl (C=O) groups excluding carboxylic acids is 2. The van der Waals surface area contributed by atoms with E-state index in [0.717, 1.165) is 15.4 Å². The average molecular weight is 556 g/mol. The van der Waals surface area contributed by atoms with Crippen LogP contribution in [0.25, 0.3) is 0 Å². The van der Waals surface area contributed by atoms with Crippen LogP contribution in [-0.2, 0) is 26.2 Å². The molecule has 0 heterocycles. The highest BCUT2D eigenvalue weighted by atomic mass is 35.5. The molecule has 1 atom stereocenters. The fourth-order valence-corrected chi connectivity index (χ4v) is 5.92. The van der Waals surface area contributed by atoms with Crippen LogP contribution in [0.4, 0.5) is 5.69 Å². The van der Waals surface area contributed by atoms with Gasteiger partial charge in [-0.3, -0.25) is 13.9 Å². The Labute approximate surface area is 230 Å². The van der Waals surface area contributed by atoms with Crippen LogP contribution in [-0.4, -0.2) is 44.3 Å². The van der Waals surface area contributed by atoms with Crippen LogP contribution >= 0.6 is 11.6 Å². The Kier molecular flexibility index (Phi) is 9.94. The van der Waals surface area contributed by atoms with Crippen molar-refractivity contribution in [1.82, 2.24) is 10.2 Å². The second kappa shape index (κ2) is 12.9. The Morgan fingerprint density at radius 3 is 2.21 bits per heavy atom. The van der Waals surface area contributed by atoms with Gasteiger partial charge in [0, 0.05) is 18.1 Å². The van der Waals surface area contributed by atoms with Gasteiger partial charge in [0.1, 0.15) is 12.6 Å². The number of amides is 2. The van der Waals surface area contributed by atoms with Gasteiger partial charge in [-0.25, -0.2) is 8.42 Å². The molecule has 202 valence electrons. The fraction of sp³-hybridized carbons (Fsp3) is 0.310. The first-order valence-corrected chi connectivity index (χ1v) is 14.4. The summed E-state index contributed by atoms with van der Waals surface area (Å²) in [5.74, 6) is -0.779. The van der Waals surface area contributed by atoms with Gasteiger partial charge in [-0.1, -0.05) is 67.1 Å². The second-order valence-corrected chi connectivity index (χ2v) is 11.3. The summed E-state index contributed by atoms with van der Waals surface area (Å²) in [6, 6.07) is 19.7. The van der Waals surface area contributed by atoms with E-state index in [2.05, 4.69) is 5.32 Å². The summed E-state index contributed by atoms with van der Waals surface area (Å²) in [5.41, 5.74) is 2.79. The van der Waals surface area contributed by atoms with Gasteiger partial charge in [0.25, 0.3) is 10.0 Å². The van der Waals surface area contributed by atoms with E-state index in [1.165, 1.54) is 23.1 Å². The third-order valence-electron chi connectivity index (χ3n) is 6.39. The van der Waals surface area contributed by atoms with Crippen molar-refractivity contribution in [2.45, 2.75) is 51.6 Å². The monoisotopic (exact) mass is 555 g/mol. The maximum atomic E-state index is 14.0. The van der Waals surface area contributed by atoms with E-state index in [1.807, 2.05) is 45.0 Å². The highest BCUT2D eigenvalue weighted by Crippen LogP contribution is 2.30. The first-order chi connectivity index (χ1) is 18.1. The minimum atomic E-state index is -4.14. The zero-order chi connectivity index (χ0) is 27.9. The molecule has 38 heavy (non-hydrogen) atoms. The van der Waals surface area contributed by atoms with E-state index < -0.39 is 28.5 Å². The van der Waals surface area contributed by atoms with Gasteiger partial charge in [-0.05, 0) is 68.1 Å². The Morgan fingerprint density at radius 1 is 0.921 bits per heavy atom. The number of likely N-dealkylation sites (N-methyl/N-ethyl adjacent to an activating group) is 1. The second-order valence-electron chi connectivity index (χ2n) is 9.02. The molecule has 0 aromatic heterocycles. The van der Waals surface area contributed by atoms with Crippen molar-refractivity contribution in [1.29, 1.82) is 0 Å². The van der Waals surface area contributed by atoms with Crippen molar-refractivity contribution in [3.63, 3.8) is 0 Å². The lowest BCUT2D eigenvalue weighted by molar-refractivity contribution is -0.140. The van der Waals surface area contributed by atoms with Gasteiger partial charge in [0.2, 0.25) is 11.8 Å². The summed E-state index contributed by atoms with van der Waals surface area (Å²) < 4.78 is 28.8. The number of benzene rings is 3. The van der Waals surface area contributed by atoms with Gasteiger partial charge in [0.15, 0.2) is 0 Å². The number of hydrogen-bond acceptors (Lipinski definition) is 4. The van der Waals surface area contributed by atoms with Gasteiger partial charge >= 0.3 is 0 Å². The van der Waals surface area contributed by atoms with E-state index in [-0.39, 0.29) is 17.3 Å². The van der Waals surface area contributed by atoms with Crippen LogP contribution in [0.5, 0.6) is 0 Å². The van der Waals surface area contributed by atoms with Crippen LogP contribution in [0.3, 0.4) is 0 Å². The Hall–Kier alpha value is -3.36. The predicted molar refractivity (Wildman–Crippen MR) is 152 cm³/mol. The van der Waals surface area contributed by atoms with Crippen molar-refractivity contribution in [2.75, 3.05) is 17.4 Å². The smallest absolute Gasteiger partial charge is 0.264 e. The summed E-state index contributed by atoms with van der Waals surface area (Å²) in [4.78, 5) is 28.6. The standard InChI is InChI=1S/C29H34ClN3O4S/c1-5-26(29(35)31-6-2)32(19-23-13-11-10-12-21(23)3)28(34)20-33(27-18-24(30)17-16-22(27)4)38(36,37)25-14-8-7-9-15-25/h7-18,26H,5-6,19-20H2,1-4H3,(H,31,35). The van der Waals surface area contributed by atoms with Crippen LogP contribution in [0, 0.1) is 13.8 Å². The molecule has 0 fully saturated rings. The van der Waals surface area contributed by atoms with Crippen molar-refractivity contribution in [2.24, 2.45) is 0 Å². The van der Waals surface area contributed by atoms with Crippen molar-refractivity contribution in [3.05, 3.63) is 94.5 Å². The molecule has 0 saturated heterocycles. The molecule has 0 aliphatic rings. The normalized spacial score (nSPS) is 12.0. The largest absolute Gasteiger partial charge is 0.355 e. The summed E-state index contributed by atoms with van der Waals surface area (Å²) >= 11 is 6.26. The van der Waals surface area contributed by atoms with Gasteiger partial charge in [-0.15, -0.1) is 0 Å². The lowest BCUT2D eigenvalue weighted by atomic mass is 10.1. The quantitative estimate of drug-likeness (QED) is 0.357. The molecule has 3 rings (SSSR count). The van der Waals surface area contributed by atoms with Crippen molar-refractivity contribution in [3.8, 4) is 0 Å². The van der Waals surface area contributed by atoms with E-state index in [0.29, 0.717) is 29.2 Å². The zero-order valence-electron chi connectivity index (χ0n) is 22.1. The van der Waals surface area contributed by atoms with Crippen LogP contribution in [0.15, 0.2) is 77.7 Å². The molecule has 9 heteroatoms. The highest BCUT2D eigenvalue weighted by molar-refractivity contribution is 7.92. The number of nitrogens with zero attached hydrogens (tertiary/aromatic N) is 2. The molecular formula is C29H34ClN3O4S. The fourth-order valence-electron chi connectivity index (χ4n) is 4.27. The van der Waals surface area contributed by atoms with Gasteiger partial charge < -0.3 is 10.2 Å².